The number of halogens is 1. The molecule has 0 aliphatic carbocycles. The first-order valence-corrected chi connectivity index (χ1v) is 7.24. The minimum atomic E-state index is -0.499. The molecular formula is C15H15ClN4O2. The highest BCUT2D eigenvalue weighted by atomic mass is 35.5. The molecule has 6 nitrogen and oxygen atoms in total. The lowest BCUT2D eigenvalue weighted by atomic mass is 9.72. The Morgan fingerprint density at radius 1 is 1.45 bits per heavy atom. The van der Waals surface area contributed by atoms with E-state index in [9.17, 15) is 10.1 Å². The van der Waals surface area contributed by atoms with Gasteiger partial charge in [0, 0.05) is 30.4 Å². The molecule has 114 valence electrons. The summed E-state index contributed by atoms with van der Waals surface area (Å²) in [6, 6.07) is 5.35. The lowest BCUT2D eigenvalue weighted by Gasteiger charge is -2.55. The van der Waals surface area contributed by atoms with E-state index < -0.39 is 4.92 Å². The predicted molar refractivity (Wildman–Crippen MR) is 84.0 cm³/mol. The van der Waals surface area contributed by atoms with E-state index in [1.807, 2.05) is 18.3 Å². The highest BCUT2D eigenvalue weighted by Crippen LogP contribution is 2.51. The highest BCUT2D eigenvalue weighted by Gasteiger charge is 2.47. The molecule has 2 aromatic heterocycles. The molecule has 0 N–H and O–H groups in total. The van der Waals surface area contributed by atoms with Gasteiger partial charge in [0.1, 0.15) is 12.0 Å². The second-order valence-electron chi connectivity index (χ2n) is 6.06. The molecule has 3 rings (SSSR count). The first-order chi connectivity index (χ1) is 10.4. The zero-order chi connectivity index (χ0) is 15.9. The Balaban J connectivity index is 1.97. The molecule has 2 aromatic rings. The van der Waals surface area contributed by atoms with E-state index in [1.54, 1.807) is 6.20 Å². The van der Waals surface area contributed by atoms with Crippen LogP contribution in [0.1, 0.15) is 25.5 Å². The Hall–Kier alpha value is -2.21. The van der Waals surface area contributed by atoms with Crippen molar-refractivity contribution in [2.24, 2.45) is 5.41 Å². The monoisotopic (exact) mass is 318 g/mol. The van der Waals surface area contributed by atoms with Crippen LogP contribution in [0, 0.1) is 15.5 Å². The van der Waals surface area contributed by atoms with Gasteiger partial charge in [0.05, 0.1) is 16.0 Å². The fraction of sp³-hybridized carbons (Fsp3) is 0.333. The summed E-state index contributed by atoms with van der Waals surface area (Å²) in [6.45, 7) is 5.11. The first-order valence-electron chi connectivity index (χ1n) is 6.86. The number of anilines is 1. The van der Waals surface area contributed by atoms with Crippen LogP contribution < -0.4 is 4.90 Å². The summed E-state index contributed by atoms with van der Waals surface area (Å²) in [4.78, 5) is 20.7. The maximum Gasteiger partial charge on any atom is 0.289 e. The molecule has 1 atom stereocenters. The number of aromatic nitrogens is 2. The average Bonchev–Trinajstić information content (AvgIpc) is 2.46. The Labute approximate surface area is 132 Å². The molecule has 0 unspecified atom stereocenters. The molecule has 7 heteroatoms. The van der Waals surface area contributed by atoms with Crippen molar-refractivity contribution < 1.29 is 4.92 Å². The van der Waals surface area contributed by atoms with Gasteiger partial charge < -0.3 is 4.90 Å². The standard InChI is InChI=1S/C15H15ClN4O2/c1-15(2)9-19(13(15)10-4-3-5-17-7-10)14-12(16)6-11(8-18-14)20(21)22/h3-8,13H,9H2,1-2H3/t13-/m0/s1. The van der Waals surface area contributed by atoms with Gasteiger partial charge in [-0.15, -0.1) is 0 Å². The van der Waals surface area contributed by atoms with E-state index in [2.05, 4.69) is 28.7 Å². The maximum absolute atomic E-state index is 10.8. The van der Waals surface area contributed by atoms with Crippen molar-refractivity contribution in [3.05, 3.63) is 57.5 Å². The van der Waals surface area contributed by atoms with Crippen LogP contribution >= 0.6 is 11.6 Å². The summed E-state index contributed by atoms with van der Waals surface area (Å²) in [5.74, 6) is 0.570. The van der Waals surface area contributed by atoms with Crippen LogP contribution in [0.25, 0.3) is 0 Å². The number of nitrogens with zero attached hydrogens (tertiary/aromatic N) is 4. The molecule has 22 heavy (non-hydrogen) atoms. The zero-order valence-electron chi connectivity index (χ0n) is 12.2. The van der Waals surface area contributed by atoms with Crippen molar-refractivity contribution >= 4 is 23.1 Å². The SMILES string of the molecule is CC1(C)CN(c2ncc([N+](=O)[O-])cc2Cl)[C@H]1c1cccnc1. The van der Waals surface area contributed by atoms with Crippen molar-refractivity contribution in [3.8, 4) is 0 Å². The summed E-state index contributed by atoms with van der Waals surface area (Å²) in [6.07, 6.45) is 4.81. The van der Waals surface area contributed by atoms with Crippen molar-refractivity contribution in [2.75, 3.05) is 11.4 Å². The van der Waals surface area contributed by atoms with Crippen LogP contribution in [-0.4, -0.2) is 21.4 Å². The molecule has 0 radical (unpaired) electrons. The van der Waals surface area contributed by atoms with Crippen LogP contribution in [0.4, 0.5) is 11.5 Å². The third-order valence-corrected chi connectivity index (χ3v) is 4.20. The third-order valence-electron chi connectivity index (χ3n) is 3.92. The molecule has 0 aromatic carbocycles. The van der Waals surface area contributed by atoms with E-state index >= 15 is 0 Å². The molecule has 0 amide bonds. The van der Waals surface area contributed by atoms with Crippen LogP contribution in [0.15, 0.2) is 36.8 Å². The maximum atomic E-state index is 10.8. The lowest BCUT2D eigenvalue weighted by Crippen LogP contribution is -2.56. The summed E-state index contributed by atoms with van der Waals surface area (Å²) in [5, 5.41) is 11.1. The molecule has 1 saturated heterocycles. The van der Waals surface area contributed by atoms with Gasteiger partial charge in [-0.3, -0.25) is 15.1 Å². The van der Waals surface area contributed by atoms with Gasteiger partial charge >= 0.3 is 0 Å². The van der Waals surface area contributed by atoms with Gasteiger partial charge in [-0.1, -0.05) is 31.5 Å². The quantitative estimate of drug-likeness (QED) is 0.638. The smallest absolute Gasteiger partial charge is 0.289 e. The molecule has 0 saturated carbocycles. The van der Waals surface area contributed by atoms with Gasteiger partial charge in [-0.25, -0.2) is 4.98 Å². The summed E-state index contributed by atoms with van der Waals surface area (Å²) >= 11 is 6.20. The molecule has 1 fully saturated rings. The predicted octanol–water partition coefficient (Wildman–Crippen LogP) is 3.63. The number of nitro groups is 1. The average molecular weight is 319 g/mol. The van der Waals surface area contributed by atoms with Gasteiger partial charge in [-0.2, -0.15) is 0 Å². The van der Waals surface area contributed by atoms with Crippen molar-refractivity contribution in [1.82, 2.24) is 9.97 Å². The number of pyridine rings is 2. The third kappa shape index (κ3) is 2.39. The van der Waals surface area contributed by atoms with Crippen LogP contribution in [0.5, 0.6) is 0 Å². The summed E-state index contributed by atoms with van der Waals surface area (Å²) < 4.78 is 0. The first kappa shape index (κ1) is 14.7. The van der Waals surface area contributed by atoms with Crippen molar-refractivity contribution in [2.45, 2.75) is 19.9 Å². The number of hydrogen-bond donors (Lipinski definition) is 0. The van der Waals surface area contributed by atoms with E-state index in [0.29, 0.717) is 10.8 Å². The minimum absolute atomic E-state index is 0.0514. The van der Waals surface area contributed by atoms with Gasteiger partial charge in [0.15, 0.2) is 0 Å². The van der Waals surface area contributed by atoms with E-state index in [0.717, 1.165) is 12.1 Å². The molecule has 1 aliphatic heterocycles. The molecule has 0 bridgehead atoms. The van der Waals surface area contributed by atoms with Crippen molar-refractivity contribution in [1.29, 1.82) is 0 Å². The molecule has 0 spiro atoms. The number of hydrogen-bond acceptors (Lipinski definition) is 5. The Morgan fingerprint density at radius 3 is 2.77 bits per heavy atom. The van der Waals surface area contributed by atoms with Crippen LogP contribution in [-0.2, 0) is 0 Å². The topological polar surface area (TPSA) is 72.2 Å². The zero-order valence-corrected chi connectivity index (χ0v) is 13.0. The lowest BCUT2D eigenvalue weighted by molar-refractivity contribution is -0.385. The Bertz CT molecular complexity index is 721. The molecule has 1 aliphatic rings. The molecule has 3 heterocycles. The van der Waals surface area contributed by atoms with Gasteiger partial charge in [0.2, 0.25) is 0 Å². The van der Waals surface area contributed by atoms with Crippen LogP contribution in [0.2, 0.25) is 5.02 Å². The highest BCUT2D eigenvalue weighted by molar-refractivity contribution is 6.33. The summed E-state index contributed by atoms with van der Waals surface area (Å²) in [7, 11) is 0. The van der Waals surface area contributed by atoms with Gasteiger partial charge in [-0.05, 0) is 11.6 Å². The van der Waals surface area contributed by atoms with E-state index in [1.165, 1.54) is 12.3 Å². The van der Waals surface area contributed by atoms with Crippen molar-refractivity contribution in [3.63, 3.8) is 0 Å². The normalized spacial score (nSPS) is 19.6. The van der Waals surface area contributed by atoms with Gasteiger partial charge in [0.25, 0.3) is 5.69 Å². The van der Waals surface area contributed by atoms with E-state index in [-0.39, 0.29) is 17.1 Å². The molecular weight excluding hydrogens is 304 g/mol. The minimum Gasteiger partial charge on any atom is -0.347 e. The van der Waals surface area contributed by atoms with Crippen LogP contribution in [0.3, 0.4) is 0 Å². The number of rotatable bonds is 3. The largest absolute Gasteiger partial charge is 0.347 e. The fourth-order valence-electron chi connectivity index (χ4n) is 3.02. The summed E-state index contributed by atoms with van der Waals surface area (Å²) in [5.41, 5.74) is 1.02. The Morgan fingerprint density at radius 2 is 2.23 bits per heavy atom. The van der Waals surface area contributed by atoms with E-state index in [4.69, 9.17) is 11.6 Å². The fourth-order valence-corrected chi connectivity index (χ4v) is 3.29. The Kier molecular flexibility index (Phi) is 3.48. The second kappa shape index (κ2) is 5.21. The second-order valence-corrected chi connectivity index (χ2v) is 6.47.